The molecule has 0 atom stereocenters. The van der Waals surface area contributed by atoms with Gasteiger partial charge in [0.2, 0.25) is 0 Å². The Kier molecular flexibility index (Phi) is 32.5. The predicted molar refractivity (Wildman–Crippen MR) is 211 cm³/mol. The van der Waals surface area contributed by atoms with E-state index in [1.54, 1.807) is 0 Å². The van der Waals surface area contributed by atoms with E-state index >= 15 is 0 Å². The van der Waals surface area contributed by atoms with Gasteiger partial charge in [0.15, 0.2) is 11.5 Å². The van der Waals surface area contributed by atoms with Crippen LogP contribution in [-0.4, -0.2) is 13.2 Å². The fourth-order valence-electron chi connectivity index (χ4n) is 6.96. The number of rotatable bonds is 37. The van der Waals surface area contributed by atoms with Gasteiger partial charge in [0.25, 0.3) is 0 Å². The lowest BCUT2D eigenvalue weighted by atomic mass is 10.0. The molecule has 1 aromatic carbocycles. The molecule has 0 aliphatic heterocycles. The quantitative estimate of drug-likeness (QED) is 0.0663. The van der Waals surface area contributed by atoms with E-state index in [2.05, 4.69) is 32.9 Å². The largest absolute Gasteiger partial charge is 0.490 e. The summed E-state index contributed by atoms with van der Waals surface area (Å²) >= 11 is 0. The first-order valence-corrected chi connectivity index (χ1v) is 21.5. The lowest BCUT2D eigenvalue weighted by Gasteiger charge is -2.16. The van der Waals surface area contributed by atoms with E-state index in [-0.39, 0.29) is 0 Å². The van der Waals surface area contributed by atoms with Crippen molar-refractivity contribution in [2.75, 3.05) is 13.2 Å². The van der Waals surface area contributed by atoms with Crippen LogP contribution in [-0.2, 0) is 6.42 Å². The Morgan fingerprint density at radius 1 is 0.438 bits per heavy atom. The van der Waals surface area contributed by atoms with E-state index in [1.165, 1.54) is 193 Å². The molecular formula is C45H81NO2. The number of benzene rings is 1. The highest BCUT2D eigenvalue weighted by atomic mass is 16.5. The molecule has 0 saturated heterocycles. The number of nitriles is 1. The van der Waals surface area contributed by atoms with Gasteiger partial charge >= 0.3 is 0 Å². The van der Waals surface area contributed by atoms with E-state index in [1.807, 2.05) is 6.07 Å². The molecule has 3 heteroatoms. The second-order valence-corrected chi connectivity index (χ2v) is 14.9. The lowest BCUT2D eigenvalue weighted by Crippen LogP contribution is -2.05. The minimum Gasteiger partial charge on any atom is -0.490 e. The van der Waals surface area contributed by atoms with Crippen LogP contribution in [0.3, 0.4) is 0 Å². The van der Waals surface area contributed by atoms with Gasteiger partial charge in [-0.1, -0.05) is 213 Å². The first-order valence-electron chi connectivity index (χ1n) is 21.5. The van der Waals surface area contributed by atoms with E-state index in [0.717, 1.165) is 48.7 Å². The molecule has 0 saturated carbocycles. The van der Waals surface area contributed by atoms with Gasteiger partial charge in [0, 0.05) is 0 Å². The highest BCUT2D eigenvalue weighted by molar-refractivity contribution is 5.49. The Morgan fingerprint density at radius 3 is 1.08 bits per heavy atom. The monoisotopic (exact) mass is 668 g/mol. The average Bonchev–Trinajstić information content (AvgIpc) is 3.08. The predicted octanol–water partition coefficient (Wildman–Crippen LogP) is 15.3. The lowest BCUT2D eigenvalue weighted by molar-refractivity contribution is 0.257. The SMILES string of the molecule is CCCCCCCCCCCCCCCCCCOc1cc(CC#N)cc(C)c1OCCCCCCCCCCCCCCCCCC. The third kappa shape index (κ3) is 27.2. The maximum absolute atomic E-state index is 9.25. The van der Waals surface area contributed by atoms with Crippen molar-refractivity contribution < 1.29 is 9.47 Å². The van der Waals surface area contributed by atoms with Gasteiger partial charge in [-0.3, -0.25) is 0 Å². The summed E-state index contributed by atoms with van der Waals surface area (Å²) in [7, 11) is 0. The highest BCUT2D eigenvalue weighted by Crippen LogP contribution is 2.33. The average molecular weight is 668 g/mol. The van der Waals surface area contributed by atoms with Crippen LogP contribution in [0.1, 0.15) is 230 Å². The summed E-state index contributed by atoms with van der Waals surface area (Å²) in [5, 5.41) is 9.25. The summed E-state index contributed by atoms with van der Waals surface area (Å²) in [6.07, 6.45) is 44.5. The first-order chi connectivity index (χ1) is 23.7. The molecule has 0 aliphatic carbocycles. The van der Waals surface area contributed by atoms with Crippen LogP contribution >= 0.6 is 0 Å². The molecule has 3 nitrogen and oxygen atoms in total. The summed E-state index contributed by atoms with van der Waals surface area (Å²) in [6, 6.07) is 6.41. The van der Waals surface area contributed by atoms with Crippen molar-refractivity contribution in [3.05, 3.63) is 23.3 Å². The molecule has 1 aromatic rings. The number of nitrogens with zero attached hydrogens (tertiary/aromatic N) is 1. The van der Waals surface area contributed by atoms with E-state index in [9.17, 15) is 5.26 Å². The van der Waals surface area contributed by atoms with Crippen LogP contribution in [0.5, 0.6) is 11.5 Å². The second-order valence-electron chi connectivity index (χ2n) is 14.9. The minimum absolute atomic E-state index is 0.412. The highest BCUT2D eigenvalue weighted by Gasteiger charge is 2.12. The third-order valence-electron chi connectivity index (χ3n) is 10.1. The Hall–Kier alpha value is -1.69. The number of aryl methyl sites for hydroxylation is 1. The van der Waals surface area contributed by atoms with Crippen molar-refractivity contribution in [3.63, 3.8) is 0 Å². The van der Waals surface area contributed by atoms with Gasteiger partial charge in [-0.2, -0.15) is 5.26 Å². The standard InChI is InChI=1S/C45H81NO2/c1-4-6-8-10-12-14-16-18-20-22-24-26-28-30-32-34-38-47-44-41-43(36-37-46)40-42(3)45(44)48-39-35-33-31-29-27-25-23-21-19-17-15-13-11-9-7-5-2/h40-41H,4-36,38-39H2,1-3H3. The van der Waals surface area contributed by atoms with Crippen LogP contribution in [0.15, 0.2) is 12.1 Å². The van der Waals surface area contributed by atoms with Crippen molar-refractivity contribution in [2.24, 2.45) is 0 Å². The zero-order valence-electron chi connectivity index (χ0n) is 32.7. The van der Waals surface area contributed by atoms with Gasteiger partial charge in [0.1, 0.15) is 0 Å². The molecule has 0 radical (unpaired) electrons. The summed E-state index contributed by atoms with van der Waals surface area (Å²) < 4.78 is 12.6. The van der Waals surface area contributed by atoms with Gasteiger partial charge in [0.05, 0.1) is 25.7 Å². The van der Waals surface area contributed by atoms with Crippen molar-refractivity contribution in [1.82, 2.24) is 0 Å². The number of hydrogen-bond donors (Lipinski definition) is 0. The van der Waals surface area contributed by atoms with E-state index in [4.69, 9.17) is 9.47 Å². The fraction of sp³-hybridized carbons (Fsp3) is 0.844. The maximum atomic E-state index is 9.25. The Balaban J connectivity index is 2.10. The Labute approximate surface area is 300 Å². The summed E-state index contributed by atoms with van der Waals surface area (Å²) in [5.41, 5.74) is 2.10. The smallest absolute Gasteiger partial charge is 0.164 e. The summed E-state index contributed by atoms with van der Waals surface area (Å²) in [6.45, 7) is 8.15. The number of unbranched alkanes of at least 4 members (excludes halogenated alkanes) is 30. The fourth-order valence-corrected chi connectivity index (χ4v) is 6.96. The van der Waals surface area contributed by atoms with Crippen molar-refractivity contribution in [3.8, 4) is 17.6 Å². The zero-order valence-corrected chi connectivity index (χ0v) is 32.7. The molecule has 0 aliphatic rings. The van der Waals surface area contributed by atoms with Crippen LogP contribution in [0.25, 0.3) is 0 Å². The van der Waals surface area contributed by atoms with E-state index < -0.39 is 0 Å². The third-order valence-corrected chi connectivity index (χ3v) is 10.1. The summed E-state index contributed by atoms with van der Waals surface area (Å²) in [5.74, 6) is 1.71. The van der Waals surface area contributed by atoms with Gasteiger partial charge < -0.3 is 9.47 Å². The minimum atomic E-state index is 0.412. The van der Waals surface area contributed by atoms with Crippen LogP contribution in [0.4, 0.5) is 0 Å². The Morgan fingerprint density at radius 2 is 0.750 bits per heavy atom. The molecule has 278 valence electrons. The molecule has 0 heterocycles. The molecule has 48 heavy (non-hydrogen) atoms. The molecule has 0 bridgehead atoms. The van der Waals surface area contributed by atoms with Gasteiger partial charge in [-0.15, -0.1) is 0 Å². The molecule has 0 amide bonds. The van der Waals surface area contributed by atoms with Crippen LogP contribution in [0, 0.1) is 18.3 Å². The molecule has 0 aromatic heterocycles. The van der Waals surface area contributed by atoms with Crippen LogP contribution < -0.4 is 9.47 Å². The van der Waals surface area contributed by atoms with Crippen molar-refractivity contribution >= 4 is 0 Å². The number of ether oxygens (including phenoxy) is 2. The Bertz CT molecular complexity index is 859. The van der Waals surface area contributed by atoms with E-state index in [0.29, 0.717) is 6.42 Å². The molecule has 1 rings (SSSR count). The van der Waals surface area contributed by atoms with Crippen molar-refractivity contribution in [1.29, 1.82) is 5.26 Å². The first kappa shape index (κ1) is 44.3. The van der Waals surface area contributed by atoms with Gasteiger partial charge in [-0.25, -0.2) is 0 Å². The zero-order chi connectivity index (χ0) is 34.6. The van der Waals surface area contributed by atoms with Crippen LogP contribution in [0.2, 0.25) is 0 Å². The topological polar surface area (TPSA) is 42.2 Å². The number of hydrogen-bond acceptors (Lipinski definition) is 3. The molecular weight excluding hydrogens is 587 g/mol. The maximum Gasteiger partial charge on any atom is 0.164 e. The summed E-state index contributed by atoms with van der Waals surface area (Å²) in [4.78, 5) is 0. The van der Waals surface area contributed by atoms with Crippen molar-refractivity contribution in [2.45, 2.75) is 233 Å². The molecule has 0 unspecified atom stereocenters. The molecule has 0 spiro atoms. The molecule has 0 N–H and O–H groups in total. The normalized spacial score (nSPS) is 11.2. The molecule has 0 fully saturated rings. The second kappa shape index (κ2) is 35.1. The van der Waals surface area contributed by atoms with Gasteiger partial charge in [-0.05, 0) is 37.0 Å².